The van der Waals surface area contributed by atoms with Crippen molar-refractivity contribution in [2.24, 2.45) is 0 Å². The monoisotopic (exact) mass is 495 g/mol. The van der Waals surface area contributed by atoms with Gasteiger partial charge >= 0.3 is 6.09 Å². The number of carbonyl (C=O) groups excluding carboxylic acids is 1. The first kappa shape index (κ1) is 25.5. The van der Waals surface area contributed by atoms with Crippen molar-refractivity contribution < 1.29 is 27.4 Å². The molecule has 2 atom stereocenters. The van der Waals surface area contributed by atoms with Crippen LogP contribution < -0.4 is 0 Å². The number of nitrogens with zero attached hydrogens (tertiary/aromatic N) is 1. The predicted octanol–water partition coefficient (Wildman–Crippen LogP) is 7.16. The van der Waals surface area contributed by atoms with Gasteiger partial charge in [-0.25, -0.2) is 18.0 Å². The van der Waals surface area contributed by atoms with E-state index in [9.17, 15) is 18.0 Å². The molecule has 1 aliphatic heterocycles. The molecule has 4 rings (SSSR count). The molecule has 1 saturated heterocycles. The van der Waals surface area contributed by atoms with Gasteiger partial charge in [0.1, 0.15) is 23.1 Å². The Labute approximate surface area is 209 Å². The fraction of sp³-hybridized carbons (Fsp3) is 0.276. The van der Waals surface area contributed by atoms with Crippen LogP contribution in [0.2, 0.25) is 0 Å². The molecular formula is C29H28F3NO3. The van der Waals surface area contributed by atoms with E-state index in [1.807, 2.05) is 19.1 Å². The molecule has 1 unspecified atom stereocenters. The molecule has 4 nitrogen and oxygen atoms in total. The lowest BCUT2D eigenvalue weighted by Crippen LogP contribution is -2.49. The van der Waals surface area contributed by atoms with E-state index in [1.165, 1.54) is 24.3 Å². The minimum Gasteiger partial charge on any atom is -0.438 e. The number of cyclic esters (lactones) is 1. The molecule has 188 valence electrons. The molecule has 3 aromatic carbocycles. The van der Waals surface area contributed by atoms with Crippen LogP contribution in [0.3, 0.4) is 0 Å². The van der Waals surface area contributed by atoms with Crippen LogP contribution in [-0.4, -0.2) is 30.8 Å². The molecule has 1 fully saturated rings. The maximum absolute atomic E-state index is 14.2. The van der Waals surface area contributed by atoms with Gasteiger partial charge in [0.15, 0.2) is 0 Å². The average Bonchev–Trinajstić information content (AvgIpc) is 2.87. The second kappa shape index (κ2) is 11.0. The van der Waals surface area contributed by atoms with Gasteiger partial charge in [0, 0.05) is 31.0 Å². The molecule has 0 aliphatic carbocycles. The van der Waals surface area contributed by atoms with Crippen LogP contribution in [0.5, 0.6) is 0 Å². The second-order valence-electron chi connectivity index (χ2n) is 8.85. The van der Waals surface area contributed by atoms with Crippen molar-refractivity contribution in [1.29, 1.82) is 0 Å². The lowest BCUT2D eigenvalue weighted by molar-refractivity contribution is -0.0757. The Balaban J connectivity index is 1.50. The standard InChI is InChI=1S/C29H28F3NO3/c1-3-17-35-18-15-29(23-8-10-24(30)11-9-23)14-16-33(28(34)36-29)20(2)21-4-6-22(7-5-21)26-13-12-25(31)19-27(26)32/h3-13,19-20H,1,14-18H2,2H3/t20-,29?/m0/s1. The molecule has 0 N–H and O–H groups in total. The van der Waals surface area contributed by atoms with Crippen molar-refractivity contribution in [3.05, 3.63) is 108 Å². The molecule has 1 aliphatic rings. The lowest BCUT2D eigenvalue weighted by Gasteiger charge is -2.43. The minimum absolute atomic E-state index is 0.298. The fourth-order valence-electron chi connectivity index (χ4n) is 4.55. The third-order valence-corrected chi connectivity index (χ3v) is 6.63. The minimum atomic E-state index is -0.924. The van der Waals surface area contributed by atoms with Crippen LogP contribution in [-0.2, 0) is 15.1 Å². The second-order valence-corrected chi connectivity index (χ2v) is 8.85. The number of benzene rings is 3. The molecule has 36 heavy (non-hydrogen) atoms. The van der Waals surface area contributed by atoms with Gasteiger partial charge in [-0.1, -0.05) is 42.5 Å². The molecular weight excluding hydrogens is 467 g/mol. The van der Waals surface area contributed by atoms with E-state index in [2.05, 4.69) is 6.58 Å². The molecule has 0 saturated carbocycles. The highest BCUT2D eigenvalue weighted by molar-refractivity contribution is 5.70. The maximum atomic E-state index is 14.2. The molecule has 7 heteroatoms. The van der Waals surface area contributed by atoms with Crippen molar-refractivity contribution in [3.63, 3.8) is 0 Å². The summed E-state index contributed by atoms with van der Waals surface area (Å²) in [5.74, 6) is -1.63. The highest BCUT2D eigenvalue weighted by Crippen LogP contribution is 2.40. The number of hydrogen-bond acceptors (Lipinski definition) is 3. The van der Waals surface area contributed by atoms with E-state index < -0.39 is 23.3 Å². The van der Waals surface area contributed by atoms with Crippen LogP contribution in [0, 0.1) is 17.5 Å². The zero-order chi connectivity index (χ0) is 25.7. The Kier molecular flexibility index (Phi) is 7.79. The van der Waals surface area contributed by atoms with Crippen LogP contribution in [0.15, 0.2) is 79.4 Å². The normalized spacial score (nSPS) is 18.6. The number of ether oxygens (including phenoxy) is 2. The first-order chi connectivity index (χ1) is 17.3. The van der Waals surface area contributed by atoms with Gasteiger partial charge in [-0.15, -0.1) is 6.58 Å². The van der Waals surface area contributed by atoms with E-state index in [4.69, 9.17) is 9.47 Å². The SMILES string of the molecule is C=CCOCCC1(c2ccc(F)cc2)CCN([C@@H](C)c2ccc(-c3ccc(F)cc3F)cc2)C(=O)O1. The molecule has 0 aromatic heterocycles. The Hall–Kier alpha value is -3.58. The summed E-state index contributed by atoms with van der Waals surface area (Å²) in [6.07, 6.45) is 2.11. The van der Waals surface area contributed by atoms with Crippen LogP contribution >= 0.6 is 0 Å². The van der Waals surface area contributed by atoms with Gasteiger partial charge in [-0.3, -0.25) is 0 Å². The Bertz CT molecular complexity index is 1210. The molecule has 1 heterocycles. The summed E-state index contributed by atoms with van der Waals surface area (Å²) in [4.78, 5) is 14.8. The number of rotatable bonds is 9. The molecule has 0 spiro atoms. The lowest BCUT2D eigenvalue weighted by atomic mass is 9.85. The first-order valence-corrected chi connectivity index (χ1v) is 11.8. The average molecular weight is 496 g/mol. The van der Waals surface area contributed by atoms with E-state index >= 15 is 0 Å². The Morgan fingerprint density at radius 2 is 1.75 bits per heavy atom. The molecule has 1 amide bonds. The third-order valence-electron chi connectivity index (χ3n) is 6.63. The van der Waals surface area contributed by atoms with Crippen molar-refractivity contribution >= 4 is 6.09 Å². The summed E-state index contributed by atoms with van der Waals surface area (Å²) >= 11 is 0. The molecule has 3 aromatic rings. The van der Waals surface area contributed by atoms with Crippen molar-refractivity contribution in [1.82, 2.24) is 4.90 Å². The summed E-state index contributed by atoms with van der Waals surface area (Å²) in [5.41, 5.74) is 1.56. The van der Waals surface area contributed by atoms with Crippen LogP contribution in [0.25, 0.3) is 11.1 Å². The zero-order valence-corrected chi connectivity index (χ0v) is 20.1. The fourth-order valence-corrected chi connectivity index (χ4v) is 4.55. The van der Waals surface area contributed by atoms with Gasteiger partial charge in [0.25, 0.3) is 0 Å². The summed E-state index contributed by atoms with van der Waals surface area (Å²) in [6, 6.07) is 16.3. The van der Waals surface area contributed by atoms with Gasteiger partial charge in [-0.2, -0.15) is 0 Å². The van der Waals surface area contributed by atoms with Gasteiger partial charge < -0.3 is 14.4 Å². The maximum Gasteiger partial charge on any atom is 0.411 e. The highest BCUT2D eigenvalue weighted by Gasteiger charge is 2.43. The van der Waals surface area contributed by atoms with Gasteiger partial charge in [0.2, 0.25) is 0 Å². The van der Waals surface area contributed by atoms with E-state index in [1.54, 1.807) is 35.2 Å². The zero-order valence-electron chi connectivity index (χ0n) is 20.1. The summed E-state index contributed by atoms with van der Waals surface area (Å²) in [5, 5.41) is 0. The van der Waals surface area contributed by atoms with Gasteiger partial charge in [-0.05, 0) is 47.9 Å². The van der Waals surface area contributed by atoms with E-state index in [0.29, 0.717) is 43.7 Å². The third kappa shape index (κ3) is 5.46. The van der Waals surface area contributed by atoms with Crippen molar-refractivity contribution in [2.75, 3.05) is 19.8 Å². The number of carbonyl (C=O) groups is 1. The topological polar surface area (TPSA) is 38.8 Å². The summed E-state index contributed by atoms with van der Waals surface area (Å²) in [7, 11) is 0. The quantitative estimate of drug-likeness (QED) is 0.234. The van der Waals surface area contributed by atoms with E-state index in [-0.39, 0.29) is 11.9 Å². The Morgan fingerprint density at radius 3 is 2.39 bits per heavy atom. The van der Waals surface area contributed by atoms with E-state index in [0.717, 1.165) is 17.2 Å². The largest absolute Gasteiger partial charge is 0.438 e. The van der Waals surface area contributed by atoms with Crippen molar-refractivity contribution in [2.45, 2.75) is 31.4 Å². The van der Waals surface area contributed by atoms with Gasteiger partial charge in [0.05, 0.1) is 19.3 Å². The predicted molar refractivity (Wildman–Crippen MR) is 132 cm³/mol. The molecule has 0 bridgehead atoms. The summed E-state index contributed by atoms with van der Waals surface area (Å²) in [6.45, 7) is 6.70. The Morgan fingerprint density at radius 1 is 1.06 bits per heavy atom. The number of halogens is 3. The smallest absolute Gasteiger partial charge is 0.411 e. The highest BCUT2D eigenvalue weighted by atomic mass is 19.1. The first-order valence-electron chi connectivity index (χ1n) is 11.8. The molecule has 0 radical (unpaired) electrons. The number of amides is 1. The summed E-state index contributed by atoms with van der Waals surface area (Å²) < 4.78 is 52.5. The van der Waals surface area contributed by atoms with Crippen LogP contribution in [0.1, 0.15) is 36.9 Å². The van der Waals surface area contributed by atoms with Crippen molar-refractivity contribution in [3.8, 4) is 11.1 Å². The number of hydrogen-bond donors (Lipinski definition) is 0. The van der Waals surface area contributed by atoms with Crippen LogP contribution in [0.4, 0.5) is 18.0 Å².